The fraction of sp³-hybridized carbons (Fsp3) is 0.647. The molecule has 0 fully saturated rings. The van der Waals surface area contributed by atoms with Crippen molar-refractivity contribution < 1.29 is 0 Å². The average Bonchev–Trinajstić information content (AvgIpc) is 2.35. The van der Waals surface area contributed by atoms with Gasteiger partial charge in [0, 0.05) is 11.5 Å². The molecule has 0 saturated carbocycles. The summed E-state index contributed by atoms with van der Waals surface area (Å²) < 4.78 is 0. The molecule has 0 aromatic heterocycles. The Balaban J connectivity index is 2.68. The van der Waals surface area contributed by atoms with Crippen LogP contribution < -0.4 is 5.32 Å². The highest BCUT2D eigenvalue weighted by molar-refractivity contribution is 5.25. The molecule has 1 aromatic rings. The highest BCUT2D eigenvalue weighted by atomic mass is 14.9. The predicted octanol–water partition coefficient (Wildman–Crippen LogP) is 4.38. The molecule has 1 nitrogen and oxygen atoms in total. The van der Waals surface area contributed by atoms with Crippen LogP contribution in [0.1, 0.15) is 52.5 Å². The van der Waals surface area contributed by atoms with Crippen molar-refractivity contribution >= 4 is 0 Å². The number of hydrogen-bond acceptors (Lipinski definition) is 1. The van der Waals surface area contributed by atoms with Crippen molar-refractivity contribution in [1.82, 2.24) is 5.32 Å². The Bertz CT molecular complexity index is 327. The van der Waals surface area contributed by atoms with Gasteiger partial charge < -0.3 is 5.32 Å². The summed E-state index contributed by atoms with van der Waals surface area (Å²) >= 11 is 0. The zero-order valence-corrected chi connectivity index (χ0v) is 12.7. The van der Waals surface area contributed by atoms with Crippen molar-refractivity contribution in [2.24, 2.45) is 5.92 Å². The maximum atomic E-state index is 3.51. The van der Waals surface area contributed by atoms with E-state index in [1.54, 1.807) is 0 Å². The molecule has 1 heteroatoms. The smallest absolute Gasteiger partial charge is 0.0156 e. The van der Waals surface area contributed by atoms with Gasteiger partial charge in [-0.1, -0.05) is 70.9 Å². The van der Waals surface area contributed by atoms with E-state index >= 15 is 0 Å². The molecular formula is C17H29N. The molecule has 0 saturated heterocycles. The number of hydrogen-bond donors (Lipinski definition) is 1. The molecule has 1 rings (SSSR count). The van der Waals surface area contributed by atoms with Gasteiger partial charge in [-0.3, -0.25) is 0 Å². The Labute approximate surface area is 113 Å². The molecule has 1 aromatic carbocycles. The summed E-state index contributed by atoms with van der Waals surface area (Å²) in [5, 5.41) is 3.51. The number of likely N-dealkylation sites (N-methyl/N-ethyl adjacent to an activating group) is 1. The Hall–Kier alpha value is -0.820. The maximum absolute atomic E-state index is 3.51. The average molecular weight is 247 g/mol. The second-order valence-corrected chi connectivity index (χ2v) is 6.25. The summed E-state index contributed by atoms with van der Waals surface area (Å²) in [5.74, 6) is 0.808. The van der Waals surface area contributed by atoms with Gasteiger partial charge in [-0.25, -0.2) is 0 Å². The monoisotopic (exact) mass is 247 g/mol. The summed E-state index contributed by atoms with van der Waals surface area (Å²) in [6, 6.07) is 11.4. The molecule has 18 heavy (non-hydrogen) atoms. The molecule has 0 aliphatic heterocycles. The van der Waals surface area contributed by atoms with Crippen molar-refractivity contribution in [3.63, 3.8) is 0 Å². The lowest BCUT2D eigenvalue weighted by Gasteiger charge is -2.35. The van der Waals surface area contributed by atoms with E-state index in [1.807, 2.05) is 0 Å². The molecule has 1 unspecified atom stereocenters. The van der Waals surface area contributed by atoms with E-state index in [1.165, 1.54) is 24.8 Å². The summed E-state index contributed by atoms with van der Waals surface area (Å²) in [7, 11) is 2.09. The van der Waals surface area contributed by atoms with Gasteiger partial charge in [0.1, 0.15) is 0 Å². The Kier molecular flexibility index (Phi) is 5.87. The van der Waals surface area contributed by atoms with Gasteiger partial charge in [0.15, 0.2) is 0 Å². The van der Waals surface area contributed by atoms with Gasteiger partial charge in [-0.2, -0.15) is 0 Å². The molecule has 0 amide bonds. The van der Waals surface area contributed by atoms with Gasteiger partial charge in [-0.05, 0) is 24.9 Å². The van der Waals surface area contributed by atoms with Crippen LogP contribution in [0.15, 0.2) is 30.3 Å². The second kappa shape index (κ2) is 6.94. The van der Waals surface area contributed by atoms with E-state index in [0.717, 1.165) is 5.92 Å². The molecule has 0 spiro atoms. The summed E-state index contributed by atoms with van der Waals surface area (Å²) in [6.45, 7) is 9.30. The minimum Gasteiger partial charge on any atom is -0.316 e. The highest BCUT2D eigenvalue weighted by Crippen LogP contribution is 2.29. The Morgan fingerprint density at radius 3 is 2.17 bits per heavy atom. The van der Waals surface area contributed by atoms with Crippen LogP contribution in [0.3, 0.4) is 0 Å². The third kappa shape index (κ3) is 4.13. The molecule has 1 N–H and O–H groups in total. The highest BCUT2D eigenvalue weighted by Gasteiger charge is 2.29. The van der Waals surface area contributed by atoms with Crippen LogP contribution in [0.4, 0.5) is 0 Å². The van der Waals surface area contributed by atoms with E-state index in [4.69, 9.17) is 0 Å². The SMILES string of the molecule is CNC(CCCC(C)C)C(C)(C)c1ccccc1. The van der Waals surface area contributed by atoms with Gasteiger partial charge in [0.05, 0.1) is 0 Å². The second-order valence-electron chi connectivity index (χ2n) is 6.25. The topological polar surface area (TPSA) is 12.0 Å². The lowest BCUT2D eigenvalue weighted by Crippen LogP contribution is -2.43. The minimum absolute atomic E-state index is 0.187. The molecule has 0 heterocycles. The third-order valence-corrected chi connectivity index (χ3v) is 4.01. The van der Waals surface area contributed by atoms with Crippen LogP contribution in [0, 0.1) is 5.92 Å². The molecule has 102 valence electrons. The molecule has 0 aliphatic carbocycles. The van der Waals surface area contributed by atoms with Crippen LogP contribution >= 0.6 is 0 Å². The molecule has 0 radical (unpaired) electrons. The summed E-state index contributed by atoms with van der Waals surface area (Å²) in [4.78, 5) is 0. The van der Waals surface area contributed by atoms with Crippen molar-refractivity contribution in [3.8, 4) is 0 Å². The van der Waals surface area contributed by atoms with E-state index in [0.29, 0.717) is 6.04 Å². The fourth-order valence-electron chi connectivity index (χ4n) is 2.67. The number of rotatable bonds is 7. The third-order valence-electron chi connectivity index (χ3n) is 4.01. The molecule has 1 atom stereocenters. The largest absolute Gasteiger partial charge is 0.316 e. The first kappa shape index (κ1) is 15.2. The number of benzene rings is 1. The molecular weight excluding hydrogens is 218 g/mol. The Morgan fingerprint density at radius 2 is 1.67 bits per heavy atom. The van der Waals surface area contributed by atoms with Crippen LogP contribution in [-0.2, 0) is 5.41 Å². The summed E-state index contributed by atoms with van der Waals surface area (Å²) in [5.41, 5.74) is 1.61. The molecule has 0 aliphatic rings. The quantitative estimate of drug-likeness (QED) is 0.754. The first-order valence-electron chi connectivity index (χ1n) is 7.21. The summed E-state index contributed by atoms with van der Waals surface area (Å²) in [6.07, 6.45) is 3.87. The predicted molar refractivity (Wildman–Crippen MR) is 81.0 cm³/mol. The van der Waals surface area contributed by atoms with Crippen molar-refractivity contribution in [2.75, 3.05) is 7.05 Å². The van der Waals surface area contributed by atoms with Crippen LogP contribution in [-0.4, -0.2) is 13.1 Å². The Morgan fingerprint density at radius 1 is 1.06 bits per heavy atom. The fourth-order valence-corrected chi connectivity index (χ4v) is 2.67. The van der Waals surface area contributed by atoms with Gasteiger partial charge in [0.25, 0.3) is 0 Å². The van der Waals surface area contributed by atoms with Crippen LogP contribution in [0.25, 0.3) is 0 Å². The van der Waals surface area contributed by atoms with Crippen molar-refractivity contribution in [2.45, 2.75) is 58.4 Å². The first-order chi connectivity index (χ1) is 8.48. The number of nitrogens with one attached hydrogen (secondary N) is 1. The van der Waals surface area contributed by atoms with Crippen molar-refractivity contribution in [1.29, 1.82) is 0 Å². The molecule has 0 bridgehead atoms. The normalized spacial score (nSPS) is 13.9. The van der Waals surface area contributed by atoms with E-state index in [9.17, 15) is 0 Å². The van der Waals surface area contributed by atoms with Crippen LogP contribution in [0.2, 0.25) is 0 Å². The van der Waals surface area contributed by atoms with Gasteiger partial charge in [0.2, 0.25) is 0 Å². The van der Waals surface area contributed by atoms with Crippen LogP contribution in [0.5, 0.6) is 0 Å². The standard InChI is InChI=1S/C17H29N/c1-14(2)10-9-13-16(18-5)17(3,4)15-11-7-6-8-12-15/h6-8,11-12,14,16,18H,9-10,13H2,1-5H3. The lowest BCUT2D eigenvalue weighted by atomic mass is 9.75. The first-order valence-corrected chi connectivity index (χ1v) is 7.21. The lowest BCUT2D eigenvalue weighted by molar-refractivity contribution is 0.325. The van der Waals surface area contributed by atoms with Crippen molar-refractivity contribution in [3.05, 3.63) is 35.9 Å². The zero-order chi connectivity index (χ0) is 13.6. The van der Waals surface area contributed by atoms with Gasteiger partial charge in [-0.15, -0.1) is 0 Å². The zero-order valence-electron chi connectivity index (χ0n) is 12.7. The van der Waals surface area contributed by atoms with E-state index in [-0.39, 0.29) is 5.41 Å². The maximum Gasteiger partial charge on any atom is 0.0156 e. The van der Waals surface area contributed by atoms with Gasteiger partial charge >= 0.3 is 0 Å². The van der Waals surface area contributed by atoms with E-state index < -0.39 is 0 Å². The van der Waals surface area contributed by atoms with E-state index in [2.05, 4.69) is 70.4 Å². The minimum atomic E-state index is 0.187.